The van der Waals surface area contributed by atoms with E-state index in [1.54, 1.807) is 43.5 Å². The molecule has 0 aliphatic carbocycles. The number of nitrogens with one attached hydrogen (secondary N) is 3. The zero-order valence-electron chi connectivity index (χ0n) is 17.5. The monoisotopic (exact) mass is 507 g/mol. The number of benzene rings is 2. The van der Waals surface area contributed by atoms with Crippen molar-refractivity contribution < 1.29 is 19.1 Å². The molecule has 0 saturated carbocycles. The molecule has 0 aliphatic rings. The van der Waals surface area contributed by atoms with E-state index < -0.39 is 11.8 Å². The van der Waals surface area contributed by atoms with Gasteiger partial charge in [0, 0.05) is 10.0 Å². The van der Waals surface area contributed by atoms with Crippen molar-refractivity contribution in [3.8, 4) is 11.5 Å². The number of carbonyl (C=O) groups excluding carboxylic acids is 2. The van der Waals surface area contributed by atoms with Crippen LogP contribution in [0.3, 0.4) is 0 Å². The lowest BCUT2D eigenvalue weighted by molar-refractivity contribution is 0.0933. The highest BCUT2D eigenvalue weighted by Crippen LogP contribution is 2.23. The Morgan fingerprint density at radius 3 is 2.42 bits per heavy atom. The molecule has 3 N–H and O–H groups in total. The molecule has 0 aromatic heterocycles. The molecule has 0 atom stereocenters. The van der Waals surface area contributed by atoms with Gasteiger partial charge in [0.25, 0.3) is 11.8 Å². The van der Waals surface area contributed by atoms with Crippen molar-refractivity contribution in [2.75, 3.05) is 13.7 Å². The van der Waals surface area contributed by atoms with Gasteiger partial charge in [0.2, 0.25) is 0 Å². The van der Waals surface area contributed by atoms with Gasteiger partial charge in [-0.3, -0.25) is 25.8 Å². The zero-order chi connectivity index (χ0) is 22.6. The van der Waals surface area contributed by atoms with Crippen LogP contribution in [-0.4, -0.2) is 30.6 Å². The number of rotatable bonds is 9. The smallest absolute Gasteiger partial charge is 0.269 e. The Morgan fingerprint density at radius 1 is 1.00 bits per heavy atom. The standard InChI is InChI=1S/C22H26BrN3O4S/c1-3-4-5-6-13-30-19-12-9-16(23)14-18(19)21(28)24-22(31)26-25-20(27)15-7-10-17(29-2)11-8-15/h7-12,14H,3-6,13H2,1-2H3,(H,25,27)(H2,24,26,28,31). The number of hydrogen-bond donors (Lipinski definition) is 3. The maximum Gasteiger partial charge on any atom is 0.269 e. The van der Waals surface area contributed by atoms with Crippen LogP contribution in [-0.2, 0) is 0 Å². The molecule has 31 heavy (non-hydrogen) atoms. The lowest BCUT2D eigenvalue weighted by Crippen LogP contribution is -2.48. The van der Waals surface area contributed by atoms with Gasteiger partial charge in [-0.05, 0) is 61.1 Å². The Kier molecular flexibility index (Phi) is 10.3. The summed E-state index contributed by atoms with van der Waals surface area (Å²) in [4.78, 5) is 24.9. The minimum atomic E-state index is -0.443. The second kappa shape index (κ2) is 12.9. The minimum Gasteiger partial charge on any atom is -0.497 e. The summed E-state index contributed by atoms with van der Waals surface area (Å²) in [6, 6.07) is 11.8. The first-order chi connectivity index (χ1) is 14.9. The molecular formula is C22H26BrN3O4S. The van der Waals surface area contributed by atoms with Crippen LogP contribution in [0.1, 0.15) is 53.3 Å². The van der Waals surface area contributed by atoms with Gasteiger partial charge < -0.3 is 9.47 Å². The van der Waals surface area contributed by atoms with E-state index in [-0.39, 0.29) is 5.11 Å². The van der Waals surface area contributed by atoms with Crippen LogP contribution in [0.5, 0.6) is 11.5 Å². The van der Waals surface area contributed by atoms with Crippen molar-refractivity contribution in [3.63, 3.8) is 0 Å². The number of halogens is 1. The zero-order valence-corrected chi connectivity index (χ0v) is 19.9. The van der Waals surface area contributed by atoms with E-state index in [1.165, 1.54) is 0 Å². The van der Waals surface area contributed by atoms with Gasteiger partial charge in [0.05, 0.1) is 19.3 Å². The average Bonchev–Trinajstić information content (AvgIpc) is 2.78. The van der Waals surface area contributed by atoms with Crippen LogP contribution in [0.4, 0.5) is 0 Å². The predicted molar refractivity (Wildman–Crippen MR) is 127 cm³/mol. The molecule has 2 aromatic carbocycles. The molecule has 2 rings (SSSR count). The van der Waals surface area contributed by atoms with E-state index in [0.717, 1.165) is 30.2 Å². The van der Waals surface area contributed by atoms with Crippen molar-refractivity contribution in [3.05, 3.63) is 58.1 Å². The summed E-state index contributed by atoms with van der Waals surface area (Å²) in [6.45, 7) is 2.68. The first kappa shape index (κ1) is 24.6. The molecule has 0 saturated heterocycles. The first-order valence-electron chi connectivity index (χ1n) is 9.92. The molecule has 2 aromatic rings. The quantitative estimate of drug-likeness (QED) is 0.265. The average molecular weight is 508 g/mol. The lowest BCUT2D eigenvalue weighted by atomic mass is 10.2. The highest BCUT2D eigenvalue weighted by molar-refractivity contribution is 9.10. The third-order valence-corrected chi connectivity index (χ3v) is 5.01. The van der Waals surface area contributed by atoms with E-state index in [4.69, 9.17) is 21.7 Å². The van der Waals surface area contributed by atoms with Crippen molar-refractivity contribution in [1.29, 1.82) is 0 Å². The first-order valence-corrected chi connectivity index (χ1v) is 11.1. The predicted octanol–water partition coefficient (Wildman–Crippen LogP) is 4.37. The number of unbranched alkanes of at least 4 members (excludes halogenated alkanes) is 3. The SMILES string of the molecule is CCCCCCOc1ccc(Br)cc1C(=O)NC(=S)NNC(=O)c1ccc(OC)cc1. The van der Waals surface area contributed by atoms with E-state index in [1.807, 2.05) is 6.07 Å². The Morgan fingerprint density at radius 2 is 1.74 bits per heavy atom. The molecule has 0 unspecified atom stereocenters. The van der Waals surface area contributed by atoms with Gasteiger partial charge >= 0.3 is 0 Å². The van der Waals surface area contributed by atoms with Crippen LogP contribution in [0.15, 0.2) is 46.9 Å². The summed E-state index contributed by atoms with van der Waals surface area (Å²) in [5.74, 6) is 0.269. The number of hydrogen-bond acceptors (Lipinski definition) is 5. The van der Waals surface area contributed by atoms with Crippen LogP contribution in [0.25, 0.3) is 0 Å². The molecule has 2 amide bonds. The van der Waals surface area contributed by atoms with Gasteiger partial charge in [-0.1, -0.05) is 42.1 Å². The van der Waals surface area contributed by atoms with E-state index in [0.29, 0.717) is 29.2 Å². The Bertz CT molecular complexity index is 906. The van der Waals surface area contributed by atoms with Crippen molar-refractivity contribution in [1.82, 2.24) is 16.2 Å². The summed E-state index contributed by atoms with van der Waals surface area (Å²) < 4.78 is 11.6. The second-order valence-corrected chi connectivity index (χ2v) is 7.96. The molecule has 166 valence electrons. The third-order valence-electron chi connectivity index (χ3n) is 4.31. The molecule has 0 aliphatic heterocycles. The number of carbonyl (C=O) groups is 2. The number of hydrazine groups is 1. The fourth-order valence-corrected chi connectivity index (χ4v) is 3.15. The molecule has 0 fully saturated rings. The topological polar surface area (TPSA) is 88.7 Å². The van der Waals surface area contributed by atoms with Crippen LogP contribution >= 0.6 is 28.1 Å². The molecule has 7 nitrogen and oxygen atoms in total. The van der Waals surface area contributed by atoms with E-state index in [9.17, 15) is 9.59 Å². The fourth-order valence-electron chi connectivity index (χ4n) is 2.65. The third kappa shape index (κ3) is 8.18. The van der Waals surface area contributed by atoms with E-state index in [2.05, 4.69) is 39.0 Å². The van der Waals surface area contributed by atoms with Crippen molar-refractivity contribution in [2.24, 2.45) is 0 Å². The van der Waals surface area contributed by atoms with Gasteiger partial charge in [0.15, 0.2) is 5.11 Å². The van der Waals surface area contributed by atoms with Gasteiger partial charge in [0.1, 0.15) is 11.5 Å². The summed E-state index contributed by atoms with van der Waals surface area (Å²) in [5.41, 5.74) is 5.73. The van der Waals surface area contributed by atoms with Gasteiger partial charge in [-0.2, -0.15) is 0 Å². The molecule has 0 radical (unpaired) electrons. The van der Waals surface area contributed by atoms with Crippen LogP contribution in [0.2, 0.25) is 0 Å². The highest BCUT2D eigenvalue weighted by atomic mass is 79.9. The number of methoxy groups -OCH3 is 1. The summed E-state index contributed by atoms with van der Waals surface area (Å²) in [6.07, 6.45) is 4.30. The molecule has 9 heteroatoms. The summed E-state index contributed by atoms with van der Waals surface area (Å²) in [7, 11) is 1.55. The maximum atomic E-state index is 12.7. The van der Waals surface area contributed by atoms with Gasteiger partial charge in [-0.15, -0.1) is 0 Å². The molecule has 0 spiro atoms. The summed E-state index contributed by atoms with van der Waals surface area (Å²) >= 11 is 8.49. The number of ether oxygens (including phenoxy) is 2. The Hall–Kier alpha value is -2.65. The molecule has 0 heterocycles. The van der Waals surface area contributed by atoms with Crippen LogP contribution in [0, 0.1) is 0 Å². The fraction of sp³-hybridized carbons (Fsp3) is 0.318. The Labute approximate surface area is 196 Å². The maximum absolute atomic E-state index is 12.7. The largest absolute Gasteiger partial charge is 0.497 e. The normalized spacial score (nSPS) is 10.2. The Balaban J connectivity index is 1.90. The lowest BCUT2D eigenvalue weighted by Gasteiger charge is -2.14. The highest BCUT2D eigenvalue weighted by Gasteiger charge is 2.15. The van der Waals surface area contributed by atoms with Gasteiger partial charge in [-0.25, -0.2) is 0 Å². The van der Waals surface area contributed by atoms with Crippen molar-refractivity contribution in [2.45, 2.75) is 32.6 Å². The minimum absolute atomic E-state index is 0.0410. The van der Waals surface area contributed by atoms with E-state index >= 15 is 0 Å². The van der Waals surface area contributed by atoms with Crippen LogP contribution < -0.4 is 25.6 Å². The number of thiocarbonyl (C=S) groups is 1. The molecule has 0 bridgehead atoms. The second-order valence-electron chi connectivity index (χ2n) is 6.64. The number of amides is 2. The molecular weight excluding hydrogens is 482 g/mol. The summed E-state index contributed by atoms with van der Waals surface area (Å²) in [5, 5.41) is 2.50. The van der Waals surface area contributed by atoms with Crippen molar-refractivity contribution >= 4 is 45.1 Å².